The average Bonchev–Trinajstić information content (AvgIpc) is 2.89. The summed E-state index contributed by atoms with van der Waals surface area (Å²) in [6, 6.07) is 8.53. The Balaban J connectivity index is 1.87. The number of rotatable bonds is 6. The molecule has 0 fully saturated rings. The molecule has 1 aromatic rings. The van der Waals surface area contributed by atoms with Gasteiger partial charge in [-0.3, -0.25) is 0 Å². The van der Waals surface area contributed by atoms with Gasteiger partial charge in [0.1, 0.15) is 0 Å². The standard InChI is InChI=1S/C15H21BrN2/c16-14-8-4-3-7-13(14)15(11-17)18-10-9-12-5-1-2-6-12/h3-5,7-8,15,18H,1-2,6,9-11,17H2. The van der Waals surface area contributed by atoms with E-state index >= 15 is 0 Å². The van der Waals surface area contributed by atoms with E-state index in [9.17, 15) is 0 Å². The van der Waals surface area contributed by atoms with Crippen LogP contribution < -0.4 is 11.1 Å². The lowest BCUT2D eigenvalue weighted by molar-refractivity contribution is 0.540. The van der Waals surface area contributed by atoms with Crippen LogP contribution in [0.2, 0.25) is 0 Å². The third-order valence-electron chi connectivity index (χ3n) is 3.49. The molecule has 3 N–H and O–H groups in total. The highest BCUT2D eigenvalue weighted by molar-refractivity contribution is 9.10. The van der Waals surface area contributed by atoms with Crippen LogP contribution in [0.5, 0.6) is 0 Å². The summed E-state index contributed by atoms with van der Waals surface area (Å²) < 4.78 is 1.13. The molecule has 0 radical (unpaired) electrons. The summed E-state index contributed by atoms with van der Waals surface area (Å²) >= 11 is 3.59. The fourth-order valence-electron chi connectivity index (χ4n) is 2.45. The number of nitrogens with one attached hydrogen (secondary N) is 1. The average molecular weight is 309 g/mol. The van der Waals surface area contributed by atoms with Crippen LogP contribution in [0.15, 0.2) is 40.4 Å². The van der Waals surface area contributed by atoms with Gasteiger partial charge in [-0.2, -0.15) is 0 Å². The van der Waals surface area contributed by atoms with E-state index in [1.807, 2.05) is 6.07 Å². The molecule has 3 heteroatoms. The molecule has 2 nitrogen and oxygen atoms in total. The van der Waals surface area contributed by atoms with Gasteiger partial charge < -0.3 is 11.1 Å². The zero-order chi connectivity index (χ0) is 12.8. The molecule has 1 aliphatic rings. The van der Waals surface area contributed by atoms with Gasteiger partial charge in [0.05, 0.1) is 0 Å². The van der Waals surface area contributed by atoms with E-state index in [4.69, 9.17) is 5.73 Å². The summed E-state index contributed by atoms with van der Waals surface area (Å²) in [6.45, 7) is 1.64. The molecule has 0 aliphatic heterocycles. The van der Waals surface area contributed by atoms with Crippen molar-refractivity contribution in [3.8, 4) is 0 Å². The Labute approximate surface area is 118 Å². The van der Waals surface area contributed by atoms with Crippen molar-refractivity contribution in [3.05, 3.63) is 46.0 Å². The van der Waals surface area contributed by atoms with Crippen molar-refractivity contribution in [2.75, 3.05) is 13.1 Å². The van der Waals surface area contributed by atoms with Gasteiger partial charge in [0.25, 0.3) is 0 Å². The van der Waals surface area contributed by atoms with Gasteiger partial charge in [-0.1, -0.05) is 45.8 Å². The maximum absolute atomic E-state index is 5.87. The summed E-state index contributed by atoms with van der Waals surface area (Å²) in [5, 5.41) is 3.56. The molecule has 1 unspecified atom stereocenters. The zero-order valence-electron chi connectivity index (χ0n) is 10.7. The van der Waals surface area contributed by atoms with Crippen LogP contribution in [0.25, 0.3) is 0 Å². The van der Waals surface area contributed by atoms with Crippen molar-refractivity contribution in [1.82, 2.24) is 5.32 Å². The Hall–Kier alpha value is -0.640. The summed E-state index contributed by atoms with van der Waals surface area (Å²) in [5.41, 5.74) is 8.72. The first-order valence-electron chi connectivity index (χ1n) is 6.67. The first-order chi connectivity index (χ1) is 8.81. The van der Waals surface area contributed by atoms with E-state index in [0.29, 0.717) is 6.54 Å². The topological polar surface area (TPSA) is 38.0 Å². The molecule has 1 atom stereocenters. The second-order valence-corrected chi connectivity index (χ2v) is 5.62. The minimum Gasteiger partial charge on any atom is -0.329 e. The highest BCUT2D eigenvalue weighted by Crippen LogP contribution is 2.23. The number of hydrogen-bond donors (Lipinski definition) is 2. The lowest BCUT2D eigenvalue weighted by atomic mass is 10.1. The fraction of sp³-hybridized carbons (Fsp3) is 0.467. The Morgan fingerprint density at radius 1 is 1.33 bits per heavy atom. The number of hydrogen-bond acceptors (Lipinski definition) is 2. The van der Waals surface area contributed by atoms with Crippen molar-refractivity contribution in [2.24, 2.45) is 5.73 Å². The molecule has 0 saturated heterocycles. The van der Waals surface area contributed by atoms with Crippen LogP contribution >= 0.6 is 15.9 Å². The molecule has 1 aliphatic carbocycles. The van der Waals surface area contributed by atoms with Crippen molar-refractivity contribution in [2.45, 2.75) is 31.7 Å². The van der Waals surface area contributed by atoms with Crippen molar-refractivity contribution >= 4 is 15.9 Å². The summed E-state index contributed by atoms with van der Waals surface area (Å²) in [6.07, 6.45) is 7.42. The highest BCUT2D eigenvalue weighted by Gasteiger charge is 2.12. The van der Waals surface area contributed by atoms with E-state index in [1.54, 1.807) is 5.57 Å². The number of halogens is 1. The maximum atomic E-state index is 5.87. The number of allylic oxidation sites excluding steroid dienone is 1. The fourth-order valence-corrected chi connectivity index (χ4v) is 3.01. The quantitative estimate of drug-likeness (QED) is 0.789. The predicted octanol–water partition coefficient (Wildman–Crippen LogP) is 3.54. The predicted molar refractivity (Wildman–Crippen MR) is 80.5 cm³/mol. The van der Waals surface area contributed by atoms with Gasteiger partial charge in [-0.25, -0.2) is 0 Å². The Bertz CT molecular complexity index is 415. The van der Waals surface area contributed by atoms with E-state index < -0.39 is 0 Å². The molecule has 0 heterocycles. The van der Waals surface area contributed by atoms with Gasteiger partial charge in [0.15, 0.2) is 0 Å². The minimum atomic E-state index is 0.238. The van der Waals surface area contributed by atoms with E-state index in [0.717, 1.165) is 17.4 Å². The van der Waals surface area contributed by atoms with Crippen LogP contribution in [0.3, 0.4) is 0 Å². The number of nitrogens with two attached hydrogens (primary N) is 1. The molecule has 0 spiro atoms. The molecule has 98 valence electrons. The second-order valence-electron chi connectivity index (χ2n) is 4.77. The molecular weight excluding hydrogens is 288 g/mol. The molecule has 0 bridgehead atoms. The first-order valence-corrected chi connectivity index (χ1v) is 7.46. The van der Waals surface area contributed by atoms with Crippen LogP contribution in [0.4, 0.5) is 0 Å². The second kappa shape index (κ2) is 7.07. The Morgan fingerprint density at radius 2 is 2.17 bits per heavy atom. The summed E-state index contributed by atoms with van der Waals surface area (Å²) in [5.74, 6) is 0. The SMILES string of the molecule is NCC(NCCC1=CCCC1)c1ccccc1Br. The van der Waals surface area contributed by atoms with Crippen molar-refractivity contribution in [3.63, 3.8) is 0 Å². The highest BCUT2D eigenvalue weighted by atomic mass is 79.9. The molecule has 0 amide bonds. The van der Waals surface area contributed by atoms with E-state index in [1.165, 1.54) is 24.8 Å². The normalized spacial score (nSPS) is 16.7. The molecular formula is C15H21BrN2. The van der Waals surface area contributed by atoms with Gasteiger partial charge in [-0.15, -0.1) is 0 Å². The van der Waals surface area contributed by atoms with Gasteiger partial charge in [-0.05, 0) is 43.9 Å². The summed E-state index contributed by atoms with van der Waals surface area (Å²) in [7, 11) is 0. The van der Waals surface area contributed by atoms with Gasteiger partial charge in [0.2, 0.25) is 0 Å². The lowest BCUT2D eigenvalue weighted by Crippen LogP contribution is -2.29. The minimum absolute atomic E-state index is 0.238. The smallest absolute Gasteiger partial charge is 0.0455 e. The van der Waals surface area contributed by atoms with Gasteiger partial charge >= 0.3 is 0 Å². The molecule has 0 aromatic heterocycles. The third kappa shape index (κ3) is 3.67. The maximum Gasteiger partial charge on any atom is 0.0455 e. The van der Waals surface area contributed by atoms with E-state index in [2.05, 4.69) is 45.5 Å². The number of benzene rings is 1. The molecule has 2 rings (SSSR count). The third-order valence-corrected chi connectivity index (χ3v) is 4.21. The Kier molecular flexibility index (Phi) is 5.42. The monoisotopic (exact) mass is 308 g/mol. The van der Waals surface area contributed by atoms with Crippen LogP contribution in [0.1, 0.15) is 37.3 Å². The van der Waals surface area contributed by atoms with Crippen molar-refractivity contribution < 1.29 is 0 Å². The molecule has 0 saturated carbocycles. The van der Waals surface area contributed by atoms with Crippen LogP contribution in [-0.2, 0) is 0 Å². The van der Waals surface area contributed by atoms with Crippen LogP contribution in [0, 0.1) is 0 Å². The molecule has 1 aromatic carbocycles. The summed E-state index contributed by atoms with van der Waals surface area (Å²) in [4.78, 5) is 0. The Morgan fingerprint density at radius 3 is 2.83 bits per heavy atom. The zero-order valence-corrected chi connectivity index (χ0v) is 12.2. The van der Waals surface area contributed by atoms with Gasteiger partial charge in [0, 0.05) is 17.1 Å². The molecule has 18 heavy (non-hydrogen) atoms. The van der Waals surface area contributed by atoms with Crippen LogP contribution in [-0.4, -0.2) is 13.1 Å². The lowest BCUT2D eigenvalue weighted by Gasteiger charge is -2.18. The first kappa shape index (κ1) is 13.8. The largest absolute Gasteiger partial charge is 0.329 e. The van der Waals surface area contributed by atoms with Crippen molar-refractivity contribution in [1.29, 1.82) is 0 Å². The van der Waals surface area contributed by atoms with E-state index in [-0.39, 0.29) is 6.04 Å².